The van der Waals surface area contributed by atoms with Gasteiger partial charge in [0.1, 0.15) is 0 Å². The Morgan fingerprint density at radius 2 is 1.81 bits per heavy atom. The van der Waals surface area contributed by atoms with E-state index in [0.29, 0.717) is 6.61 Å². The maximum Gasteiger partial charge on any atom is 0.161 e. The molecule has 2 aromatic rings. The minimum atomic E-state index is 0.147. The molecule has 4 heteroatoms. The molecule has 1 aliphatic rings. The summed E-state index contributed by atoms with van der Waals surface area (Å²) in [6.07, 6.45) is 3.09. The van der Waals surface area contributed by atoms with E-state index in [1.165, 1.54) is 11.1 Å². The molecule has 0 bridgehead atoms. The summed E-state index contributed by atoms with van der Waals surface area (Å²) < 4.78 is 16.9. The van der Waals surface area contributed by atoms with Gasteiger partial charge in [-0.15, -0.1) is 0 Å². The molecule has 146 valence electrons. The third-order valence-electron chi connectivity index (χ3n) is 5.32. The first kappa shape index (κ1) is 19.7. The van der Waals surface area contributed by atoms with Crippen molar-refractivity contribution in [3.8, 4) is 11.5 Å². The molecule has 0 saturated carbocycles. The van der Waals surface area contributed by atoms with E-state index in [1.807, 2.05) is 6.07 Å². The SMILES string of the molecule is CCCOc1ccc(CNCC2(c3ccccc3)CCOCC2)cc1OC. The molecule has 1 fully saturated rings. The van der Waals surface area contributed by atoms with Gasteiger partial charge in [0.25, 0.3) is 0 Å². The van der Waals surface area contributed by atoms with Crippen LogP contribution in [0.5, 0.6) is 11.5 Å². The molecule has 0 spiro atoms. The first-order valence-electron chi connectivity index (χ1n) is 9.91. The summed E-state index contributed by atoms with van der Waals surface area (Å²) in [4.78, 5) is 0. The van der Waals surface area contributed by atoms with Gasteiger partial charge in [-0.3, -0.25) is 0 Å². The molecule has 0 amide bonds. The Labute approximate surface area is 162 Å². The van der Waals surface area contributed by atoms with Crippen molar-refractivity contribution in [1.82, 2.24) is 5.32 Å². The average molecular weight is 370 g/mol. The van der Waals surface area contributed by atoms with Crippen molar-refractivity contribution >= 4 is 0 Å². The number of methoxy groups -OCH3 is 1. The molecule has 1 N–H and O–H groups in total. The van der Waals surface area contributed by atoms with E-state index in [1.54, 1.807) is 7.11 Å². The van der Waals surface area contributed by atoms with Gasteiger partial charge in [0.05, 0.1) is 13.7 Å². The van der Waals surface area contributed by atoms with Gasteiger partial charge >= 0.3 is 0 Å². The maximum absolute atomic E-state index is 5.75. The Bertz CT molecular complexity index is 696. The third kappa shape index (κ3) is 5.02. The third-order valence-corrected chi connectivity index (χ3v) is 5.32. The Morgan fingerprint density at radius 1 is 1.04 bits per heavy atom. The fraction of sp³-hybridized carbons (Fsp3) is 0.478. The fourth-order valence-electron chi connectivity index (χ4n) is 3.72. The van der Waals surface area contributed by atoms with Crippen molar-refractivity contribution in [2.45, 2.75) is 38.1 Å². The molecule has 1 aliphatic heterocycles. The second-order valence-electron chi connectivity index (χ2n) is 7.20. The van der Waals surface area contributed by atoms with Crippen LogP contribution in [-0.4, -0.2) is 33.5 Å². The maximum atomic E-state index is 5.75. The highest BCUT2D eigenvalue weighted by Gasteiger charge is 2.33. The van der Waals surface area contributed by atoms with Crippen LogP contribution in [0, 0.1) is 0 Å². The highest BCUT2D eigenvalue weighted by molar-refractivity contribution is 5.43. The van der Waals surface area contributed by atoms with E-state index in [2.05, 4.69) is 54.7 Å². The highest BCUT2D eigenvalue weighted by atomic mass is 16.5. The highest BCUT2D eigenvalue weighted by Crippen LogP contribution is 2.34. The van der Waals surface area contributed by atoms with Gasteiger partial charge in [-0.25, -0.2) is 0 Å². The van der Waals surface area contributed by atoms with Crippen molar-refractivity contribution in [2.75, 3.05) is 33.5 Å². The van der Waals surface area contributed by atoms with Crippen LogP contribution >= 0.6 is 0 Å². The predicted octanol–water partition coefficient (Wildman–Crippen LogP) is 4.32. The molecular weight excluding hydrogens is 338 g/mol. The molecule has 0 unspecified atom stereocenters. The first-order chi connectivity index (χ1) is 13.3. The predicted molar refractivity (Wildman–Crippen MR) is 109 cm³/mol. The second kappa shape index (κ2) is 9.77. The lowest BCUT2D eigenvalue weighted by atomic mass is 9.74. The summed E-state index contributed by atoms with van der Waals surface area (Å²) in [6, 6.07) is 17.0. The molecule has 3 rings (SSSR count). The monoisotopic (exact) mass is 369 g/mol. The lowest BCUT2D eigenvalue weighted by molar-refractivity contribution is 0.0498. The minimum Gasteiger partial charge on any atom is -0.493 e. The van der Waals surface area contributed by atoms with E-state index in [0.717, 1.165) is 57.1 Å². The average Bonchev–Trinajstić information content (AvgIpc) is 2.74. The summed E-state index contributed by atoms with van der Waals surface area (Å²) in [5, 5.41) is 3.67. The topological polar surface area (TPSA) is 39.7 Å². The van der Waals surface area contributed by atoms with Crippen LogP contribution in [0.2, 0.25) is 0 Å². The van der Waals surface area contributed by atoms with Crippen molar-refractivity contribution in [2.24, 2.45) is 0 Å². The molecule has 0 atom stereocenters. The molecule has 2 aromatic carbocycles. The molecule has 0 aromatic heterocycles. The van der Waals surface area contributed by atoms with Crippen LogP contribution in [0.4, 0.5) is 0 Å². The number of hydrogen-bond donors (Lipinski definition) is 1. The second-order valence-corrected chi connectivity index (χ2v) is 7.20. The van der Waals surface area contributed by atoms with Gasteiger partial charge in [0, 0.05) is 31.7 Å². The lowest BCUT2D eigenvalue weighted by Crippen LogP contribution is -2.42. The first-order valence-corrected chi connectivity index (χ1v) is 9.91. The smallest absolute Gasteiger partial charge is 0.161 e. The number of rotatable bonds is 9. The summed E-state index contributed by atoms with van der Waals surface area (Å²) in [5.74, 6) is 1.61. The minimum absolute atomic E-state index is 0.147. The summed E-state index contributed by atoms with van der Waals surface area (Å²) >= 11 is 0. The summed E-state index contributed by atoms with van der Waals surface area (Å²) in [6.45, 7) is 6.21. The Balaban J connectivity index is 1.65. The van der Waals surface area contributed by atoms with Gasteiger partial charge in [0.2, 0.25) is 0 Å². The molecule has 1 heterocycles. The largest absolute Gasteiger partial charge is 0.493 e. The molecule has 4 nitrogen and oxygen atoms in total. The van der Waals surface area contributed by atoms with E-state index in [4.69, 9.17) is 14.2 Å². The van der Waals surface area contributed by atoms with Crippen LogP contribution in [0.15, 0.2) is 48.5 Å². The zero-order chi connectivity index (χ0) is 19.0. The molecule has 1 saturated heterocycles. The molecular formula is C23H31NO3. The van der Waals surface area contributed by atoms with Crippen molar-refractivity contribution in [3.63, 3.8) is 0 Å². The normalized spacial score (nSPS) is 16.1. The van der Waals surface area contributed by atoms with Crippen molar-refractivity contribution < 1.29 is 14.2 Å². The lowest BCUT2D eigenvalue weighted by Gasteiger charge is -2.38. The van der Waals surface area contributed by atoms with Gasteiger partial charge < -0.3 is 19.5 Å². The van der Waals surface area contributed by atoms with Crippen LogP contribution < -0.4 is 14.8 Å². The summed E-state index contributed by atoms with van der Waals surface area (Å²) in [5.41, 5.74) is 2.75. The number of nitrogens with one attached hydrogen (secondary N) is 1. The standard InChI is InChI=1S/C23H31NO3/c1-3-13-27-21-10-9-19(16-22(21)25-2)17-24-18-23(11-14-26-15-12-23)20-7-5-4-6-8-20/h4-10,16,24H,3,11-15,17-18H2,1-2H3. The van der Waals surface area contributed by atoms with Crippen LogP contribution in [-0.2, 0) is 16.7 Å². The number of hydrogen-bond acceptors (Lipinski definition) is 4. The van der Waals surface area contributed by atoms with Gasteiger partial charge in [0.15, 0.2) is 11.5 Å². The van der Waals surface area contributed by atoms with Gasteiger partial charge in [-0.1, -0.05) is 43.3 Å². The molecule has 0 aliphatic carbocycles. The number of benzene rings is 2. The van der Waals surface area contributed by atoms with Crippen molar-refractivity contribution in [3.05, 3.63) is 59.7 Å². The number of ether oxygens (including phenoxy) is 3. The summed E-state index contributed by atoms with van der Waals surface area (Å²) in [7, 11) is 1.69. The van der Waals surface area contributed by atoms with Gasteiger partial charge in [-0.2, -0.15) is 0 Å². The Morgan fingerprint density at radius 3 is 2.52 bits per heavy atom. The van der Waals surface area contributed by atoms with E-state index in [9.17, 15) is 0 Å². The van der Waals surface area contributed by atoms with Crippen LogP contribution in [0.1, 0.15) is 37.3 Å². The Kier molecular flexibility index (Phi) is 7.13. The fourth-order valence-corrected chi connectivity index (χ4v) is 3.72. The molecule has 0 radical (unpaired) electrons. The zero-order valence-corrected chi connectivity index (χ0v) is 16.5. The quantitative estimate of drug-likeness (QED) is 0.714. The van der Waals surface area contributed by atoms with E-state index >= 15 is 0 Å². The van der Waals surface area contributed by atoms with E-state index < -0.39 is 0 Å². The molecule has 27 heavy (non-hydrogen) atoms. The van der Waals surface area contributed by atoms with Crippen LogP contribution in [0.3, 0.4) is 0 Å². The van der Waals surface area contributed by atoms with Crippen molar-refractivity contribution in [1.29, 1.82) is 0 Å². The Hall–Kier alpha value is -2.04. The van der Waals surface area contributed by atoms with E-state index in [-0.39, 0.29) is 5.41 Å². The van der Waals surface area contributed by atoms with Gasteiger partial charge in [-0.05, 0) is 42.5 Å². The zero-order valence-electron chi connectivity index (χ0n) is 16.5. The van der Waals surface area contributed by atoms with Crippen LogP contribution in [0.25, 0.3) is 0 Å².